The van der Waals surface area contributed by atoms with Gasteiger partial charge in [-0.15, -0.1) is 5.10 Å². The van der Waals surface area contributed by atoms with Crippen LogP contribution in [0.4, 0.5) is 0 Å². The van der Waals surface area contributed by atoms with Gasteiger partial charge in [0.25, 0.3) is 0 Å². The van der Waals surface area contributed by atoms with E-state index in [1.807, 2.05) is 30.3 Å². The second-order valence-electron chi connectivity index (χ2n) is 4.88. The van der Waals surface area contributed by atoms with E-state index in [2.05, 4.69) is 10.1 Å². The number of hydrogen-bond donors (Lipinski definition) is 1. The lowest BCUT2D eigenvalue weighted by atomic mass is 9.96. The van der Waals surface area contributed by atoms with E-state index in [-0.39, 0.29) is 11.7 Å². The molecular weight excluding hydrogens is 226 g/mol. The minimum absolute atomic E-state index is 0.0826. The molecule has 0 spiro atoms. The quantitative estimate of drug-likeness (QED) is 0.881. The van der Waals surface area contributed by atoms with Gasteiger partial charge in [0.1, 0.15) is 0 Å². The van der Waals surface area contributed by atoms with E-state index in [1.165, 1.54) is 19.3 Å². The van der Waals surface area contributed by atoms with Crippen LogP contribution in [0.3, 0.4) is 0 Å². The highest BCUT2D eigenvalue weighted by molar-refractivity contribution is 5.53. The lowest BCUT2D eigenvalue weighted by molar-refractivity contribution is 0.322. The smallest absolute Gasteiger partial charge is 0.289 e. The average Bonchev–Trinajstić information content (AvgIpc) is 2.83. The van der Waals surface area contributed by atoms with Crippen molar-refractivity contribution in [1.82, 2.24) is 14.8 Å². The van der Waals surface area contributed by atoms with E-state index in [4.69, 9.17) is 0 Å². The van der Waals surface area contributed by atoms with E-state index in [1.54, 1.807) is 4.68 Å². The first-order valence-corrected chi connectivity index (χ1v) is 6.59. The molecule has 0 atom stereocenters. The summed E-state index contributed by atoms with van der Waals surface area (Å²) in [6, 6.07) is 10.1. The van der Waals surface area contributed by atoms with Crippen molar-refractivity contribution in [2.45, 2.75) is 38.1 Å². The van der Waals surface area contributed by atoms with Gasteiger partial charge in [0, 0.05) is 5.56 Å². The Morgan fingerprint density at radius 3 is 2.56 bits per heavy atom. The molecule has 1 fully saturated rings. The highest BCUT2D eigenvalue weighted by Gasteiger charge is 2.19. The van der Waals surface area contributed by atoms with Crippen LogP contribution < -0.4 is 5.69 Å². The molecule has 0 saturated heterocycles. The summed E-state index contributed by atoms with van der Waals surface area (Å²) in [5, 5.41) is 4.45. The Hall–Kier alpha value is -1.84. The predicted octanol–water partition coefficient (Wildman–Crippen LogP) is 2.74. The summed E-state index contributed by atoms with van der Waals surface area (Å²) >= 11 is 0. The van der Waals surface area contributed by atoms with E-state index in [0.717, 1.165) is 18.4 Å². The zero-order valence-electron chi connectivity index (χ0n) is 10.3. The summed E-state index contributed by atoms with van der Waals surface area (Å²) in [5.41, 5.74) is 0.880. The molecular formula is C14H17N3O. The Kier molecular flexibility index (Phi) is 3.00. The highest BCUT2D eigenvalue weighted by Crippen LogP contribution is 2.26. The number of hydrogen-bond acceptors (Lipinski definition) is 2. The van der Waals surface area contributed by atoms with Crippen LogP contribution in [0.15, 0.2) is 35.1 Å². The number of rotatable bonds is 2. The Balaban J connectivity index is 1.93. The minimum atomic E-state index is -0.0826. The van der Waals surface area contributed by atoms with Crippen molar-refractivity contribution in [3.05, 3.63) is 40.8 Å². The van der Waals surface area contributed by atoms with Gasteiger partial charge in [-0.1, -0.05) is 49.6 Å². The van der Waals surface area contributed by atoms with E-state index >= 15 is 0 Å². The van der Waals surface area contributed by atoms with Crippen LogP contribution in [0, 0.1) is 0 Å². The molecule has 1 aromatic heterocycles. The van der Waals surface area contributed by atoms with Crippen LogP contribution in [0.25, 0.3) is 11.4 Å². The molecule has 2 aromatic rings. The zero-order valence-corrected chi connectivity index (χ0v) is 10.3. The van der Waals surface area contributed by atoms with Gasteiger partial charge in [-0.2, -0.15) is 0 Å². The minimum Gasteiger partial charge on any atom is -0.289 e. The van der Waals surface area contributed by atoms with Crippen LogP contribution >= 0.6 is 0 Å². The van der Waals surface area contributed by atoms with E-state index < -0.39 is 0 Å². The predicted molar refractivity (Wildman–Crippen MR) is 70.4 cm³/mol. The lowest BCUT2D eigenvalue weighted by Gasteiger charge is -2.20. The molecule has 94 valence electrons. The van der Waals surface area contributed by atoms with Crippen LogP contribution in [0.2, 0.25) is 0 Å². The molecule has 3 rings (SSSR count). The molecule has 1 N–H and O–H groups in total. The molecule has 4 nitrogen and oxygen atoms in total. The zero-order chi connectivity index (χ0) is 12.4. The number of nitrogens with zero attached hydrogens (tertiary/aromatic N) is 2. The van der Waals surface area contributed by atoms with Gasteiger partial charge < -0.3 is 0 Å². The van der Waals surface area contributed by atoms with Gasteiger partial charge in [-0.05, 0) is 12.8 Å². The molecule has 0 unspecified atom stereocenters. The number of H-pyrrole nitrogens is 1. The normalized spacial score (nSPS) is 16.9. The molecule has 0 aliphatic heterocycles. The van der Waals surface area contributed by atoms with E-state index in [0.29, 0.717) is 5.82 Å². The van der Waals surface area contributed by atoms with E-state index in [9.17, 15) is 4.79 Å². The summed E-state index contributed by atoms with van der Waals surface area (Å²) in [4.78, 5) is 14.8. The van der Waals surface area contributed by atoms with Crippen LogP contribution in [0.5, 0.6) is 0 Å². The van der Waals surface area contributed by atoms with Gasteiger partial charge in [-0.25, -0.2) is 9.48 Å². The average molecular weight is 243 g/mol. The van der Waals surface area contributed by atoms with Crippen molar-refractivity contribution < 1.29 is 0 Å². The third-order valence-electron chi connectivity index (χ3n) is 3.61. The number of aromatic amines is 1. The first kappa shape index (κ1) is 11.3. The Morgan fingerprint density at radius 1 is 1.11 bits per heavy atom. The standard InChI is InChI=1S/C14H17N3O/c18-14-15-13(11-7-3-1-4-8-11)16-17(14)12-9-5-2-6-10-12/h1,3-4,7-8,12H,2,5-6,9-10H2,(H,15,16,18). The summed E-state index contributed by atoms with van der Waals surface area (Å²) < 4.78 is 1.64. The molecule has 1 aliphatic rings. The molecule has 4 heteroatoms. The maximum absolute atomic E-state index is 12.0. The molecule has 0 radical (unpaired) electrons. The second kappa shape index (κ2) is 4.80. The maximum Gasteiger partial charge on any atom is 0.343 e. The van der Waals surface area contributed by atoms with Gasteiger partial charge in [-0.3, -0.25) is 4.98 Å². The molecule has 18 heavy (non-hydrogen) atoms. The first-order valence-electron chi connectivity index (χ1n) is 6.59. The maximum atomic E-state index is 12.0. The van der Waals surface area contributed by atoms with Gasteiger partial charge in [0.15, 0.2) is 5.82 Å². The van der Waals surface area contributed by atoms with Crippen LogP contribution in [0.1, 0.15) is 38.1 Å². The topological polar surface area (TPSA) is 50.7 Å². The molecule has 1 saturated carbocycles. The summed E-state index contributed by atoms with van der Waals surface area (Å²) in [5.74, 6) is 0.672. The van der Waals surface area contributed by atoms with Crippen molar-refractivity contribution in [2.75, 3.05) is 0 Å². The summed E-state index contributed by atoms with van der Waals surface area (Å²) in [7, 11) is 0. The van der Waals surface area contributed by atoms with Crippen molar-refractivity contribution in [1.29, 1.82) is 0 Å². The monoisotopic (exact) mass is 243 g/mol. The number of benzene rings is 1. The molecule has 1 aliphatic carbocycles. The molecule has 1 heterocycles. The Bertz CT molecular complexity index is 564. The van der Waals surface area contributed by atoms with Crippen molar-refractivity contribution in [3.63, 3.8) is 0 Å². The van der Waals surface area contributed by atoms with Crippen LogP contribution in [-0.2, 0) is 0 Å². The summed E-state index contributed by atoms with van der Waals surface area (Å²) in [6.07, 6.45) is 5.81. The Morgan fingerprint density at radius 2 is 1.83 bits per heavy atom. The largest absolute Gasteiger partial charge is 0.343 e. The van der Waals surface area contributed by atoms with Gasteiger partial charge in [0.2, 0.25) is 0 Å². The first-order chi connectivity index (χ1) is 8.84. The fourth-order valence-corrected chi connectivity index (χ4v) is 2.64. The number of nitrogens with one attached hydrogen (secondary N) is 1. The molecule has 0 amide bonds. The Labute approximate surface area is 106 Å². The van der Waals surface area contributed by atoms with Gasteiger partial charge in [0.05, 0.1) is 6.04 Å². The molecule has 1 aromatic carbocycles. The van der Waals surface area contributed by atoms with Crippen molar-refractivity contribution >= 4 is 0 Å². The lowest BCUT2D eigenvalue weighted by Crippen LogP contribution is -2.25. The number of aromatic nitrogens is 3. The SMILES string of the molecule is O=c1[nH]c(-c2ccccc2)nn1C1CCCCC1. The van der Waals surface area contributed by atoms with Crippen LogP contribution in [-0.4, -0.2) is 14.8 Å². The molecule has 0 bridgehead atoms. The van der Waals surface area contributed by atoms with Gasteiger partial charge >= 0.3 is 5.69 Å². The third kappa shape index (κ3) is 2.10. The van der Waals surface area contributed by atoms with Crippen molar-refractivity contribution in [2.24, 2.45) is 0 Å². The third-order valence-corrected chi connectivity index (χ3v) is 3.61. The summed E-state index contributed by atoms with van der Waals surface area (Å²) in [6.45, 7) is 0. The highest BCUT2D eigenvalue weighted by atomic mass is 16.2. The fourth-order valence-electron chi connectivity index (χ4n) is 2.64. The van der Waals surface area contributed by atoms with Crippen molar-refractivity contribution in [3.8, 4) is 11.4 Å². The second-order valence-corrected chi connectivity index (χ2v) is 4.88. The fraction of sp³-hybridized carbons (Fsp3) is 0.429.